The molecule has 5 heteroatoms. The van der Waals surface area contributed by atoms with Crippen LogP contribution in [-0.4, -0.2) is 48.6 Å². The number of nitrogens with zero attached hydrogens (tertiary/aromatic N) is 3. The Morgan fingerprint density at radius 2 is 1.90 bits per heavy atom. The molecule has 2 N–H and O–H groups in total. The number of aromatic nitrogens is 2. The number of hydrogen-bond acceptors (Lipinski definition) is 5. The van der Waals surface area contributed by atoms with Crippen LogP contribution in [0.5, 0.6) is 0 Å². The minimum Gasteiger partial charge on any atom is -0.370 e. The Labute approximate surface area is 123 Å². The first-order valence-corrected chi connectivity index (χ1v) is 7.45. The lowest BCUT2D eigenvalue weighted by Gasteiger charge is -2.12. The molecule has 0 amide bonds. The second kappa shape index (κ2) is 8.74. The highest BCUT2D eigenvalue weighted by molar-refractivity contribution is 5.42. The van der Waals surface area contributed by atoms with Gasteiger partial charge in [0, 0.05) is 24.8 Å². The molecule has 5 nitrogen and oxygen atoms in total. The second-order valence-corrected chi connectivity index (χ2v) is 5.91. The van der Waals surface area contributed by atoms with Crippen LogP contribution in [0.4, 0.5) is 11.8 Å². The van der Waals surface area contributed by atoms with Crippen LogP contribution in [0.3, 0.4) is 0 Å². The summed E-state index contributed by atoms with van der Waals surface area (Å²) in [6.45, 7) is 9.37. The predicted molar refractivity (Wildman–Crippen MR) is 86.4 cm³/mol. The number of aryl methyl sites for hydroxylation is 1. The lowest BCUT2D eigenvalue weighted by Crippen LogP contribution is -2.17. The normalized spacial score (nSPS) is 11.2. The van der Waals surface area contributed by atoms with E-state index in [9.17, 15) is 0 Å². The molecule has 0 unspecified atom stereocenters. The fourth-order valence-corrected chi connectivity index (χ4v) is 1.82. The molecule has 0 aromatic carbocycles. The molecule has 114 valence electrons. The van der Waals surface area contributed by atoms with Gasteiger partial charge < -0.3 is 15.5 Å². The van der Waals surface area contributed by atoms with Gasteiger partial charge in [0.25, 0.3) is 0 Å². The molecular weight excluding hydrogens is 250 g/mol. The predicted octanol–water partition coefficient (Wildman–Crippen LogP) is 2.61. The summed E-state index contributed by atoms with van der Waals surface area (Å²) in [7, 11) is 4.18. The van der Waals surface area contributed by atoms with Crippen molar-refractivity contribution in [2.75, 3.05) is 44.4 Å². The van der Waals surface area contributed by atoms with Gasteiger partial charge >= 0.3 is 0 Å². The Hall–Kier alpha value is -1.36. The maximum atomic E-state index is 4.50. The molecule has 1 heterocycles. The number of rotatable bonds is 9. The van der Waals surface area contributed by atoms with Crippen molar-refractivity contribution in [3.63, 3.8) is 0 Å². The minimum absolute atomic E-state index is 0.691. The molecular formula is C15H29N5. The molecule has 0 atom stereocenters. The highest BCUT2D eigenvalue weighted by atomic mass is 15.1. The summed E-state index contributed by atoms with van der Waals surface area (Å²) in [5.41, 5.74) is 0.988. The van der Waals surface area contributed by atoms with Gasteiger partial charge in [0.2, 0.25) is 5.95 Å². The molecule has 0 spiro atoms. The third-order valence-corrected chi connectivity index (χ3v) is 2.95. The maximum absolute atomic E-state index is 4.50. The molecule has 20 heavy (non-hydrogen) atoms. The molecule has 0 radical (unpaired) electrons. The molecule has 0 fully saturated rings. The average molecular weight is 279 g/mol. The molecule has 1 aromatic rings. The molecule has 0 saturated carbocycles. The van der Waals surface area contributed by atoms with E-state index in [2.05, 4.69) is 53.4 Å². The zero-order valence-corrected chi connectivity index (χ0v) is 13.5. The summed E-state index contributed by atoms with van der Waals surface area (Å²) in [6.07, 6.45) is 2.23. The van der Waals surface area contributed by atoms with E-state index in [1.165, 1.54) is 0 Å². The smallest absolute Gasteiger partial charge is 0.224 e. The Balaban J connectivity index is 2.44. The van der Waals surface area contributed by atoms with E-state index in [-0.39, 0.29) is 0 Å². The van der Waals surface area contributed by atoms with Crippen LogP contribution in [0.25, 0.3) is 0 Å². The van der Waals surface area contributed by atoms with Crippen molar-refractivity contribution in [3.05, 3.63) is 11.8 Å². The molecule has 0 aliphatic carbocycles. The van der Waals surface area contributed by atoms with Gasteiger partial charge in [-0.3, -0.25) is 0 Å². The first-order chi connectivity index (χ1) is 9.47. The van der Waals surface area contributed by atoms with E-state index in [0.717, 1.165) is 49.9 Å². The monoisotopic (exact) mass is 279 g/mol. The minimum atomic E-state index is 0.691. The van der Waals surface area contributed by atoms with Crippen molar-refractivity contribution in [1.82, 2.24) is 14.9 Å². The maximum Gasteiger partial charge on any atom is 0.224 e. The van der Waals surface area contributed by atoms with Crippen LogP contribution in [0.1, 0.15) is 32.4 Å². The van der Waals surface area contributed by atoms with E-state index in [1.807, 2.05) is 13.0 Å². The molecule has 1 rings (SSSR count). The Morgan fingerprint density at radius 1 is 1.15 bits per heavy atom. The highest BCUT2D eigenvalue weighted by Crippen LogP contribution is 2.10. The quantitative estimate of drug-likeness (QED) is 0.681. The fourth-order valence-electron chi connectivity index (χ4n) is 1.82. The molecule has 0 saturated heterocycles. The largest absolute Gasteiger partial charge is 0.370 e. The lowest BCUT2D eigenvalue weighted by molar-refractivity contribution is 0.405. The van der Waals surface area contributed by atoms with Crippen LogP contribution in [0.15, 0.2) is 6.07 Å². The van der Waals surface area contributed by atoms with Crippen molar-refractivity contribution < 1.29 is 0 Å². The van der Waals surface area contributed by atoms with Crippen molar-refractivity contribution in [2.24, 2.45) is 5.92 Å². The Morgan fingerprint density at radius 3 is 2.55 bits per heavy atom. The van der Waals surface area contributed by atoms with Crippen molar-refractivity contribution in [2.45, 2.75) is 33.6 Å². The summed E-state index contributed by atoms with van der Waals surface area (Å²) in [5.74, 6) is 2.32. The third-order valence-electron chi connectivity index (χ3n) is 2.95. The van der Waals surface area contributed by atoms with Gasteiger partial charge in [-0.1, -0.05) is 13.8 Å². The van der Waals surface area contributed by atoms with Gasteiger partial charge in [0.1, 0.15) is 5.82 Å². The first kappa shape index (κ1) is 16.7. The van der Waals surface area contributed by atoms with Crippen LogP contribution in [0, 0.1) is 12.8 Å². The van der Waals surface area contributed by atoms with E-state index < -0.39 is 0 Å². The van der Waals surface area contributed by atoms with Crippen molar-refractivity contribution in [1.29, 1.82) is 0 Å². The van der Waals surface area contributed by atoms with Crippen molar-refractivity contribution in [3.8, 4) is 0 Å². The topological polar surface area (TPSA) is 53.1 Å². The van der Waals surface area contributed by atoms with Gasteiger partial charge in [-0.05, 0) is 46.3 Å². The molecule has 0 bridgehead atoms. The first-order valence-electron chi connectivity index (χ1n) is 7.45. The van der Waals surface area contributed by atoms with Gasteiger partial charge in [-0.15, -0.1) is 0 Å². The van der Waals surface area contributed by atoms with Gasteiger partial charge in [0.15, 0.2) is 0 Å². The van der Waals surface area contributed by atoms with E-state index in [0.29, 0.717) is 5.92 Å². The molecule has 1 aromatic heterocycles. The Kier molecular flexibility index (Phi) is 7.30. The lowest BCUT2D eigenvalue weighted by atomic mass is 10.1. The third kappa shape index (κ3) is 7.28. The number of anilines is 2. The number of nitrogens with one attached hydrogen (secondary N) is 2. The van der Waals surface area contributed by atoms with Crippen molar-refractivity contribution >= 4 is 11.8 Å². The standard InChI is InChI=1S/C15H29N5/c1-12(2)7-9-17-15-18-13(3)11-14(19-15)16-8-6-10-20(4)5/h11-12H,6-10H2,1-5H3,(H2,16,17,18,19). The average Bonchev–Trinajstić information content (AvgIpc) is 2.33. The van der Waals surface area contributed by atoms with Crippen LogP contribution >= 0.6 is 0 Å². The molecule has 0 aliphatic rings. The summed E-state index contributed by atoms with van der Waals surface area (Å²) in [5, 5.41) is 6.66. The SMILES string of the molecule is Cc1cc(NCCCN(C)C)nc(NCCC(C)C)n1. The number of hydrogen-bond donors (Lipinski definition) is 2. The van der Waals surface area contributed by atoms with E-state index in [4.69, 9.17) is 0 Å². The van der Waals surface area contributed by atoms with Crippen LogP contribution in [0.2, 0.25) is 0 Å². The Bertz CT molecular complexity index is 390. The zero-order valence-electron chi connectivity index (χ0n) is 13.5. The highest BCUT2D eigenvalue weighted by Gasteiger charge is 2.02. The summed E-state index contributed by atoms with van der Waals surface area (Å²) in [6, 6.07) is 1.99. The molecule has 0 aliphatic heterocycles. The van der Waals surface area contributed by atoms with Crippen LogP contribution < -0.4 is 10.6 Å². The van der Waals surface area contributed by atoms with Gasteiger partial charge in [-0.25, -0.2) is 4.98 Å². The van der Waals surface area contributed by atoms with Gasteiger partial charge in [-0.2, -0.15) is 4.98 Å². The van der Waals surface area contributed by atoms with Gasteiger partial charge in [0.05, 0.1) is 0 Å². The fraction of sp³-hybridized carbons (Fsp3) is 0.733. The van der Waals surface area contributed by atoms with Crippen LogP contribution in [-0.2, 0) is 0 Å². The van der Waals surface area contributed by atoms with E-state index >= 15 is 0 Å². The second-order valence-electron chi connectivity index (χ2n) is 5.91. The zero-order chi connectivity index (χ0) is 15.0. The summed E-state index contributed by atoms with van der Waals surface area (Å²) >= 11 is 0. The summed E-state index contributed by atoms with van der Waals surface area (Å²) in [4.78, 5) is 11.1. The summed E-state index contributed by atoms with van der Waals surface area (Å²) < 4.78 is 0. The van der Waals surface area contributed by atoms with E-state index in [1.54, 1.807) is 0 Å².